The number of hydrogen-bond donors (Lipinski definition) is 1. The summed E-state index contributed by atoms with van der Waals surface area (Å²) in [7, 11) is 1.59. The minimum Gasteiger partial charge on any atom is -0.493 e. The number of amides is 1. The molecule has 132 valence electrons. The van der Waals surface area contributed by atoms with E-state index in [1.807, 2.05) is 17.9 Å². The van der Waals surface area contributed by atoms with Crippen molar-refractivity contribution in [3.8, 4) is 11.5 Å². The molecule has 2 heterocycles. The van der Waals surface area contributed by atoms with Crippen LogP contribution in [-0.2, 0) is 0 Å². The Balaban J connectivity index is 1.74. The summed E-state index contributed by atoms with van der Waals surface area (Å²) in [6.07, 6.45) is 3.40. The average molecular weight is 397 g/mol. The number of nitrogens with one attached hydrogen (secondary N) is 1. The Morgan fingerprint density at radius 2 is 2.08 bits per heavy atom. The molecule has 6 heteroatoms. The van der Waals surface area contributed by atoms with E-state index in [9.17, 15) is 4.79 Å². The molecule has 0 atom stereocenters. The minimum absolute atomic E-state index is 0.0675. The number of nitrogens with zero attached hydrogens (tertiary/aromatic N) is 1. The van der Waals surface area contributed by atoms with Crippen molar-refractivity contribution in [1.29, 1.82) is 0 Å². The van der Waals surface area contributed by atoms with Crippen LogP contribution in [-0.4, -0.2) is 50.7 Å². The second kappa shape index (κ2) is 7.31. The zero-order chi connectivity index (χ0) is 17.2. The van der Waals surface area contributed by atoms with Gasteiger partial charge in [0.2, 0.25) is 0 Å². The standard InChI is InChI=1S/C18H25BrN2O3/c1-3-24-16-14(19)10-13(11-15(16)23-2)17(22)21-8-5-18(6-9-21)4-7-20-12-18/h10-11,20H,3-9,12H2,1-2H3. The third-order valence-electron chi connectivity index (χ3n) is 5.21. The van der Waals surface area contributed by atoms with Crippen molar-refractivity contribution >= 4 is 21.8 Å². The third kappa shape index (κ3) is 3.40. The largest absolute Gasteiger partial charge is 0.493 e. The van der Waals surface area contributed by atoms with Gasteiger partial charge in [-0.3, -0.25) is 4.79 Å². The van der Waals surface area contributed by atoms with E-state index in [1.54, 1.807) is 13.2 Å². The van der Waals surface area contributed by atoms with Gasteiger partial charge >= 0.3 is 0 Å². The maximum atomic E-state index is 12.9. The highest BCUT2D eigenvalue weighted by Crippen LogP contribution is 2.39. The molecular formula is C18H25BrN2O3. The lowest BCUT2D eigenvalue weighted by Gasteiger charge is -2.39. The lowest BCUT2D eigenvalue weighted by atomic mass is 9.78. The molecular weight excluding hydrogens is 372 g/mol. The summed E-state index contributed by atoms with van der Waals surface area (Å²) >= 11 is 3.50. The van der Waals surface area contributed by atoms with Gasteiger partial charge in [0.05, 0.1) is 18.2 Å². The molecule has 5 nitrogen and oxygen atoms in total. The molecule has 0 aliphatic carbocycles. The van der Waals surface area contributed by atoms with E-state index in [-0.39, 0.29) is 5.91 Å². The van der Waals surface area contributed by atoms with Crippen LogP contribution in [0.5, 0.6) is 11.5 Å². The van der Waals surface area contributed by atoms with Gasteiger partial charge in [0, 0.05) is 25.2 Å². The van der Waals surface area contributed by atoms with E-state index in [1.165, 1.54) is 6.42 Å². The number of hydrogen-bond acceptors (Lipinski definition) is 4. The summed E-state index contributed by atoms with van der Waals surface area (Å²) in [6.45, 7) is 6.33. The van der Waals surface area contributed by atoms with Crippen molar-refractivity contribution in [2.75, 3.05) is 39.9 Å². The molecule has 1 aromatic rings. The quantitative estimate of drug-likeness (QED) is 0.849. The molecule has 0 saturated carbocycles. The predicted octanol–water partition coefficient (Wildman–Crippen LogP) is 3.07. The highest BCUT2D eigenvalue weighted by atomic mass is 79.9. The number of ether oxygens (including phenoxy) is 2. The molecule has 2 fully saturated rings. The van der Waals surface area contributed by atoms with E-state index < -0.39 is 0 Å². The van der Waals surface area contributed by atoms with Gasteiger partial charge in [-0.15, -0.1) is 0 Å². The van der Waals surface area contributed by atoms with E-state index in [0.717, 1.165) is 43.5 Å². The molecule has 2 aliphatic rings. The van der Waals surface area contributed by atoms with E-state index in [2.05, 4.69) is 21.2 Å². The zero-order valence-corrected chi connectivity index (χ0v) is 15.9. The first kappa shape index (κ1) is 17.5. The molecule has 1 spiro atoms. The van der Waals surface area contributed by atoms with Gasteiger partial charge in [0.1, 0.15) is 0 Å². The van der Waals surface area contributed by atoms with E-state index in [0.29, 0.717) is 29.1 Å². The Kier molecular flexibility index (Phi) is 5.35. The summed E-state index contributed by atoms with van der Waals surface area (Å²) in [5, 5.41) is 3.46. The van der Waals surface area contributed by atoms with Crippen molar-refractivity contribution in [2.24, 2.45) is 5.41 Å². The first-order valence-corrected chi connectivity index (χ1v) is 9.38. The Labute approximate surface area is 151 Å². The van der Waals surface area contributed by atoms with Crippen molar-refractivity contribution in [1.82, 2.24) is 10.2 Å². The highest BCUT2D eigenvalue weighted by molar-refractivity contribution is 9.10. The van der Waals surface area contributed by atoms with Gasteiger partial charge in [0.15, 0.2) is 11.5 Å². The number of benzene rings is 1. The average Bonchev–Trinajstić information content (AvgIpc) is 3.04. The monoisotopic (exact) mass is 396 g/mol. The number of carbonyl (C=O) groups is 1. The number of carbonyl (C=O) groups excluding carboxylic acids is 1. The smallest absolute Gasteiger partial charge is 0.254 e. The molecule has 0 bridgehead atoms. The SMILES string of the molecule is CCOc1c(Br)cc(C(=O)N2CCC3(CCNC3)CC2)cc1OC. The van der Waals surface area contributed by atoms with Crippen LogP contribution in [0.15, 0.2) is 16.6 Å². The van der Waals surface area contributed by atoms with Gasteiger partial charge in [-0.2, -0.15) is 0 Å². The van der Waals surface area contributed by atoms with Crippen LogP contribution in [0.1, 0.15) is 36.5 Å². The number of methoxy groups -OCH3 is 1. The summed E-state index contributed by atoms with van der Waals surface area (Å²) in [5.41, 5.74) is 1.05. The minimum atomic E-state index is 0.0675. The summed E-state index contributed by atoms with van der Waals surface area (Å²) in [5.74, 6) is 1.30. The molecule has 0 aromatic heterocycles. The fourth-order valence-electron chi connectivity index (χ4n) is 3.72. The topological polar surface area (TPSA) is 50.8 Å². The molecule has 0 unspecified atom stereocenters. The van der Waals surface area contributed by atoms with Crippen molar-refractivity contribution in [2.45, 2.75) is 26.2 Å². The van der Waals surface area contributed by atoms with Crippen molar-refractivity contribution in [3.63, 3.8) is 0 Å². The molecule has 2 saturated heterocycles. The van der Waals surface area contributed by atoms with Crippen LogP contribution < -0.4 is 14.8 Å². The maximum Gasteiger partial charge on any atom is 0.254 e. The normalized spacial score (nSPS) is 19.5. The maximum absolute atomic E-state index is 12.9. The molecule has 1 N–H and O–H groups in total. The molecule has 0 radical (unpaired) electrons. The Morgan fingerprint density at radius 3 is 2.67 bits per heavy atom. The fraction of sp³-hybridized carbons (Fsp3) is 0.611. The number of halogens is 1. The van der Waals surface area contributed by atoms with Gasteiger partial charge in [-0.25, -0.2) is 0 Å². The molecule has 24 heavy (non-hydrogen) atoms. The van der Waals surface area contributed by atoms with Gasteiger partial charge < -0.3 is 19.7 Å². The summed E-state index contributed by atoms with van der Waals surface area (Å²) in [4.78, 5) is 14.8. The lowest BCUT2D eigenvalue weighted by molar-refractivity contribution is 0.0607. The Bertz CT molecular complexity index is 605. The van der Waals surface area contributed by atoms with Gasteiger partial charge in [-0.1, -0.05) is 0 Å². The van der Waals surface area contributed by atoms with Crippen LogP contribution in [0, 0.1) is 5.41 Å². The first-order valence-electron chi connectivity index (χ1n) is 8.59. The second-order valence-corrected chi connectivity index (χ2v) is 7.50. The molecule has 3 rings (SSSR count). The van der Waals surface area contributed by atoms with Crippen molar-refractivity contribution < 1.29 is 14.3 Å². The third-order valence-corrected chi connectivity index (χ3v) is 5.80. The predicted molar refractivity (Wildman–Crippen MR) is 96.9 cm³/mol. The van der Waals surface area contributed by atoms with E-state index in [4.69, 9.17) is 9.47 Å². The Hall–Kier alpha value is -1.27. The first-order chi connectivity index (χ1) is 11.6. The second-order valence-electron chi connectivity index (χ2n) is 6.64. The van der Waals surface area contributed by atoms with Crippen LogP contribution in [0.2, 0.25) is 0 Å². The number of piperidine rings is 1. The number of likely N-dealkylation sites (tertiary alicyclic amines) is 1. The zero-order valence-electron chi connectivity index (χ0n) is 14.4. The Morgan fingerprint density at radius 1 is 1.33 bits per heavy atom. The molecule has 1 aromatic carbocycles. The molecule has 1 amide bonds. The number of rotatable bonds is 4. The van der Waals surface area contributed by atoms with Crippen LogP contribution >= 0.6 is 15.9 Å². The highest BCUT2D eigenvalue weighted by Gasteiger charge is 2.38. The summed E-state index contributed by atoms with van der Waals surface area (Å²) < 4.78 is 11.7. The van der Waals surface area contributed by atoms with Crippen LogP contribution in [0.4, 0.5) is 0 Å². The van der Waals surface area contributed by atoms with Crippen LogP contribution in [0.3, 0.4) is 0 Å². The van der Waals surface area contributed by atoms with Gasteiger partial charge in [-0.05, 0) is 66.2 Å². The lowest BCUT2D eigenvalue weighted by Crippen LogP contribution is -2.44. The van der Waals surface area contributed by atoms with Crippen LogP contribution in [0.25, 0.3) is 0 Å². The van der Waals surface area contributed by atoms with E-state index >= 15 is 0 Å². The molecule has 2 aliphatic heterocycles. The fourth-order valence-corrected chi connectivity index (χ4v) is 4.27. The van der Waals surface area contributed by atoms with Gasteiger partial charge in [0.25, 0.3) is 5.91 Å². The summed E-state index contributed by atoms with van der Waals surface area (Å²) in [6, 6.07) is 3.61. The van der Waals surface area contributed by atoms with Crippen molar-refractivity contribution in [3.05, 3.63) is 22.2 Å².